The third-order valence-electron chi connectivity index (χ3n) is 4.27. The molecule has 3 aromatic rings. The zero-order chi connectivity index (χ0) is 18.5. The van der Waals surface area contributed by atoms with Crippen molar-refractivity contribution < 1.29 is 0 Å². The molecule has 26 heavy (non-hydrogen) atoms. The van der Waals surface area contributed by atoms with Crippen molar-refractivity contribution in [3.05, 3.63) is 102 Å². The van der Waals surface area contributed by atoms with Crippen molar-refractivity contribution in [2.24, 2.45) is 11.5 Å². The Morgan fingerprint density at radius 2 is 1.54 bits per heavy atom. The number of hydrogen-bond donors (Lipinski definition) is 3. The summed E-state index contributed by atoms with van der Waals surface area (Å²) in [7, 11) is 0. The standard InChI is InChI=1S/C23H23N3/c1-3-9-21(24)23(25)20-14-7-6-12-18(20)16(2)26-22-15-8-11-17-10-4-5-13-19(17)22/h3-15,26H,2,24-25H2,1H3/b9-3-,23-21+. The van der Waals surface area contributed by atoms with E-state index in [4.69, 9.17) is 11.5 Å². The number of fused-ring (bicyclic) bond motifs is 1. The van der Waals surface area contributed by atoms with Crippen LogP contribution in [0.25, 0.3) is 22.2 Å². The molecule has 0 aliphatic heterocycles. The first-order chi connectivity index (χ1) is 12.6. The molecule has 0 aliphatic rings. The van der Waals surface area contributed by atoms with E-state index in [0.717, 1.165) is 27.9 Å². The summed E-state index contributed by atoms with van der Waals surface area (Å²) in [6, 6.07) is 22.3. The van der Waals surface area contributed by atoms with Crippen LogP contribution in [-0.4, -0.2) is 0 Å². The highest BCUT2D eigenvalue weighted by atomic mass is 14.9. The Kier molecular flexibility index (Phi) is 5.09. The van der Waals surface area contributed by atoms with Crippen molar-refractivity contribution in [1.29, 1.82) is 0 Å². The van der Waals surface area contributed by atoms with E-state index in [1.165, 1.54) is 5.39 Å². The zero-order valence-corrected chi connectivity index (χ0v) is 14.9. The fourth-order valence-corrected chi connectivity index (χ4v) is 2.97. The van der Waals surface area contributed by atoms with Crippen LogP contribution in [0.15, 0.2) is 91.2 Å². The third-order valence-corrected chi connectivity index (χ3v) is 4.27. The molecule has 0 unspecified atom stereocenters. The number of hydrogen-bond acceptors (Lipinski definition) is 3. The van der Waals surface area contributed by atoms with E-state index in [1.807, 2.05) is 61.5 Å². The average molecular weight is 341 g/mol. The van der Waals surface area contributed by atoms with Crippen molar-refractivity contribution in [3.8, 4) is 0 Å². The Labute approximate surface area is 154 Å². The molecule has 0 fully saturated rings. The molecule has 0 heterocycles. The fraction of sp³-hybridized carbons (Fsp3) is 0.0435. The van der Waals surface area contributed by atoms with Gasteiger partial charge in [0.25, 0.3) is 0 Å². The van der Waals surface area contributed by atoms with E-state index in [0.29, 0.717) is 11.4 Å². The summed E-state index contributed by atoms with van der Waals surface area (Å²) in [5.41, 5.74) is 17.0. The second-order valence-corrected chi connectivity index (χ2v) is 6.04. The van der Waals surface area contributed by atoms with Gasteiger partial charge in [0.2, 0.25) is 0 Å². The van der Waals surface area contributed by atoms with Crippen LogP contribution in [0, 0.1) is 0 Å². The Bertz CT molecular complexity index is 1010. The number of benzene rings is 3. The first kappa shape index (κ1) is 17.4. The summed E-state index contributed by atoms with van der Waals surface area (Å²) >= 11 is 0. The van der Waals surface area contributed by atoms with Crippen LogP contribution in [0.1, 0.15) is 18.1 Å². The number of nitrogens with one attached hydrogen (secondary N) is 1. The molecule has 3 nitrogen and oxygen atoms in total. The molecule has 3 aromatic carbocycles. The molecule has 0 aliphatic carbocycles. The van der Waals surface area contributed by atoms with Gasteiger partial charge in [-0.05, 0) is 24.5 Å². The summed E-state index contributed by atoms with van der Waals surface area (Å²) in [6.07, 6.45) is 3.67. The molecular weight excluding hydrogens is 318 g/mol. The Balaban J connectivity index is 2.00. The van der Waals surface area contributed by atoms with Gasteiger partial charge >= 0.3 is 0 Å². The lowest BCUT2D eigenvalue weighted by Crippen LogP contribution is -2.10. The molecule has 0 bridgehead atoms. The molecule has 0 atom stereocenters. The maximum absolute atomic E-state index is 6.28. The van der Waals surface area contributed by atoms with Crippen LogP contribution < -0.4 is 16.8 Å². The summed E-state index contributed by atoms with van der Waals surface area (Å²) in [5.74, 6) is 0. The van der Waals surface area contributed by atoms with Gasteiger partial charge in [-0.15, -0.1) is 0 Å². The Morgan fingerprint density at radius 1 is 0.885 bits per heavy atom. The van der Waals surface area contributed by atoms with E-state index in [-0.39, 0.29) is 0 Å². The van der Waals surface area contributed by atoms with Crippen molar-refractivity contribution >= 4 is 27.9 Å². The Morgan fingerprint density at radius 3 is 2.31 bits per heavy atom. The predicted molar refractivity (Wildman–Crippen MR) is 113 cm³/mol. The summed E-state index contributed by atoms with van der Waals surface area (Å²) < 4.78 is 0. The Hall–Kier alpha value is -3.46. The summed E-state index contributed by atoms with van der Waals surface area (Å²) in [6.45, 7) is 6.14. The van der Waals surface area contributed by atoms with Gasteiger partial charge < -0.3 is 16.8 Å². The van der Waals surface area contributed by atoms with Crippen molar-refractivity contribution in [2.45, 2.75) is 6.92 Å². The number of rotatable bonds is 5. The monoisotopic (exact) mass is 341 g/mol. The molecule has 0 radical (unpaired) electrons. The second-order valence-electron chi connectivity index (χ2n) is 6.04. The molecule has 0 saturated carbocycles. The van der Waals surface area contributed by atoms with Crippen LogP contribution in [0.3, 0.4) is 0 Å². The van der Waals surface area contributed by atoms with Gasteiger partial charge in [-0.3, -0.25) is 0 Å². The summed E-state index contributed by atoms with van der Waals surface area (Å²) in [5, 5.41) is 5.76. The topological polar surface area (TPSA) is 64.1 Å². The van der Waals surface area contributed by atoms with E-state index >= 15 is 0 Å². The average Bonchev–Trinajstić information content (AvgIpc) is 2.68. The molecule has 3 heteroatoms. The molecule has 3 rings (SSSR count). The van der Waals surface area contributed by atoms with Crippen molar-refractivity contribution in [3.63, 3.8) is 0 Å². The molecular formula is C23H23N3. The fourth-order valence-electron chi connectivity index (χ4n) is 2.97. The largest absolute Gasteiger partial charge is 0.397 e. The molecule has 0 saturated heterocycles. The van der Waals surface area contributed by atoms with Gasteiger partial charge in [0.1, 0.15) is 0 Å². The molecule has 0 amide bonds. The predicted octanol–water partition coefficient (Wildman–Crippen LogP) is 5.08. The first-order valence-electron chi connectivity index (χ1n) is 8.53. The number of allylic oxidation sites excluding steroid dienone is 2. The number of anilines is 1. The van der Waals surface area contributed by atoms with Gasteiger partial charge in [-0.2, -0.15) is 0 Å². The molecule has 0 aromatic heterocycles. The smallest absolute Gasteiger partial charge is 0.0628 e. The minimum Gasteiger partial charge on any atom is -0.397 e. The van der Waals surface area contributed by atoms with Gasteiger partial charge in [0, 0.05) is 27.9 Å². The lowest BCUT2D eigenvalue weighted by atomic mass is 10.0. The third kappa shape index (κ3) is 3.47. The normalized spacial score (nSPS) is 12.2. The minimum atomic E-state index is 0.540. The van der Waals surface area contributed by atoms with E-state index in [2.05, 4.69) is 30.1 Å². The van der Waals surface area contributed by atoms with Crippen LogP contribution in [0.2, 0.25) is 0 Å². The molecule has 5 N–H and O–H groups in total. The molecule has 130 valence electrons. The second kappa shape index (κ2) is 7.62. The zero-order valence-electron chi connectivity index (χ0n) is 14.9. The van der Waals surface area contributed by atoms with Crippen molar-refractivity contribution in [1.82, 2.24) is 0 Å². The maximum Gasteiger partial charge on any atom is 0.0628 e. The van der Waals surface area contributed by atoms with E-state index in [1.54, 1.807) is 6.08 Å². The van der Waals surface area contributed by atoms with E-state index in [9.17, 15) is 0 Å². The van der Waals surface area contributed by atoms with Crippen LogP contribution in [-0.2, 0) is 0 Å². The maximum atomic E-state index is 6.28. The highest BCUT2D eigenvalue weighted by Gasteiger charge is 2.11. The van der Waals surface area contributed by atoms with Gasteiger partial charge in [-0.1, -0.05) is 73.3 Å². The number of nitrogens with two attached hydrogens (primary N) is 2. The van der Waals surface area contributed by atoms with Crippen LogP contribution >= 0.6 is 0 Å². The minimum absolute atomic E-state index is 0.540. The quantitative estimate of drug-likeness (QED) is 0.567. The van der Waals surface area contributed by atoms with Gasteiger partial charge in [0.05, 0.1) is 11.4 Å². The highest BCUT2D eigenvalue weighted by molar-refractivity contribution is 5.97. The van der Waals surface area contributed by atoms with Crippen LogP contribution in [0.5, 0.6) is 0 Å². The molecule has 0 spiro atoms. The van der Waals surface area contributed by atoms with Gasteiger partial charge in [-0.25, -0.2) is 0 Å². The highest BCUT2D eigenvalue weighted by Crippen LogP contribution is 2.28. The SMILES string of the molecule is C=C(Nc1cccc2ccccc12)c1ccccc1/C(N)=C(N)/C=C\C. The lowest BCUT2D eigenvalue weighted by Gasteiger charge is -2.16. The summed E-state index contributed by atoms with van der Waals surface area (Å²) in [4.78, 5) is 0. The van der Waals surface area contributed by atoms with Crippen molar-refractivity contribution in [2.75, 3.05) is 5.32 Å². The lowest BCUT2D eigenvalue weighted by molar-refractivity contribution is 1.35. The van der Waals surface area contributed by atoms with E-state index < -0.39 is 0 Å². The first-order valence-corrected chi connectivity index (χ1v) is 8.53. The van der Waals surface area contributed by atoms with Crippen LogP contribution in [0.4, 0.5) is 5.69 Å². The van der Waals surface area contributed by atoms with Gasteiger partial charge in [0.15, 0.2) is 0 Å².